The monoisotopic (exact) mass is 495 g/mol. The van der Waals surface area contributed by atoms with E-state index < -0.39 is 0 Å². The van der Waals surface area contributed by atoms with Crippen LogP contribution >= 0.6 is 0 Å². The normalized spacial score (nSPS) is 15.7. The van der Waals surface area contributed by atoms with Crippen LogP contribution in [0.3, 0.4) is 0 Å². The summed E-state index contributed by atoms with van der Waals surface area (Å²) in [6, 6.07) is 7.70. The highest BCUT2D eigenvalue weighted by Gasteiger charge is 2.22. The number of carbonyl (C=O) groups is 2. The van der Waals surface area contributed by atoms with E-state index in [0.717, 1.165) is 50.1 Å². The summed E-state index contributed by atoms with van der Waals surface area (Å²) < 4.78 is 11.2. The number of hydrogen-bond donors (Lipinski definition) is 1. The number of anilines is 1. The summed E-state index contributed by atoms with van der Waals surface area (Å²) in [5.74, 6) is 0.242. The van der Waals surface area contributed by atoms with Crippen molar-refractivity contribution in [2.24, 2.45) is 0 Å². The van der Waals surface area contributed by atoms with Crippen molar-refractivity contribution in [3.63, 3.8) is 0 Å². The minimum absolute atomic E-state index is 0.0393. The number of ether oxygens (including phenoxy) is 2. The van der Waals surface area contributed by atoms with Crippen LogP contribution in [0.2, 0.25) is 0 Å². The number of piperidine rings is 1. The molecule has 1 fully saturated rings. The minimum atomic E-state index is -0.148. The van der Waals surface area contributed by atoms with Crippen molar-refractivity contribution >= 4 is 23.6 Å². The van der Waals surface area contributed by atoms with Gasteiger partial charge in [0.1, 0.15) is 12.4 Å². The lowest BCUT2D eigenvalue weighted by atomic mass is 10.1. The van der Waals surface area contributed by atoms with Gasteiger partial charge < -0.3 is 24.6 Å². The molecule has 0 aromatic heterocycles. The van der Waals surface area contributed by atoms with Crippen LogP contribution in [0.4, 0.5) is 5.69 Å². The molecule has 1 aliphatic heterocycles. The Kier molecular flexibility index (Phi) is 12.7. The first-order chi connectivity index (χ1) is 17.4. The van der Waals surface area contributed by atoms with Crippen molar-refractivity contribution in [3.05, 3.63) is 72.0 Å². The molecule has 196 valence electrons. The maximum Gasteiger partial charge on any atom is 0.257 e. The number of rotatable bonds is 13. The number of likely N-dealkylation sites (N-methyl/N-ethyl adjacent to an activating group) is 1. The highest BCUT2D eigenvalue weighted by atomic mass is 16.5. The molecule has 0 atom stereocenters. The molecule has 1 aromatic rings. The Bertz CT molecular complexity index is 959. The van der Waals surface area contributed by atoms with E-state index in [1.165, 1.54) is 0 Å². The number of methoxy groups -OCH3 is 1. The zero-order valence-electron chi connectivity index (χ0n) is 22.2. The molecule has 1 aromatic carbocycles. The molecule has 2 amide bonds. The summed E-state index contributed by atoms with van der Waals surface area (Å²) in [6.07, 6.45) is 11.8. The Morgan fingerprint density at radius 1 is 1.25 bits per heavy atom. The Morgan fingerprint density at radius 2 is 1.97 bits per heavy atom. The van der Waals surface area contributed by atoms with Gasteiger partial charge in [0.25, 0.3) is 5.91 Å². The van der Waals surface area contributed by atoms with Crippen molar-refractivity contribution in [2.45, 2.75) is 39.2 Å². The van der Waals surface area contributed by atoms with E-state index in [9.17, 15) is 9.59 Å². The topological polar surface area (TPSA) is 71.1 Å². The molecule has 0 saturated carbocycles. The van der Waals surface area contributed by atoms with Gasteiger partial charge in [-0.25, -0.2) is 0 Å². The standard InChI is InChI=1S/C29H41N3O4/c1-6-9-14-25(27(8-3)35-5)29(34)31(4)20-21-32-18-16-24(17-19-32)36-22-28(33)30-26-15-11-10-13-23(26)12-7-2/h7-15,24H,3,6,16-22H2,1-2,4-5H3,(H,30,33)/b12-7+,14-9-,27-25-. The van der Waals surface area contributed by atoms with Gasteiger partial charge in [0, 0.05) is 38.9 Å². The summed E-state index contributed by atoms with van der Waals surface area (Å²) in [4.78, 5) is 29.4. The van der Waals surface area contributed by atoms with Gasteiger partial charge in [0.15, 0.2) is 0 Å². The second-order valence-electron chi connectivity index (χ2n) is 8.71. The Morgan fingerprint density at radius 3 is 2.61 bits per heavy atom. The molecule has 1 heterocycles. The van der Waals surface area contributed by atoms with E-state index in [1.54, 1.807) is 31.2 Å². The number of nitrogens with one attached hydrogen (secondary N) is 1. The molecule has 0 radical (unpaired) electrons. The summed E-state index contributed by atoms with van der Waals surface area (Å²) in [7, 11) is 3.35. The molecule has 7 heteroatoms. The second kappa shape index (κ2) is 15.8. The zero-order chi connectivity index (χ0) is 26.3. The van der Waals surface area contributed by atoms with Crippen LogP contribution in [-0.2, 0) is 19.1 Å². The zero-order valence-corrected chi connectivity index (χ0v) is 22.2. The molecule has 0 spiro atoms. The molecule has 0 aliphatic carbocycles. The predicted molar refractivity (Wildman–Crippen MR) is 146 cm³/mol. The van der Waals surface area contributed by atoms with Crippen molar-refractivity contribution in [1.82, 2.24) is 9.80 Å². The van der Waals surface area contributed by atoms with Crippen molar-refractivity contribution in [1.29, 1.82) is 0 Å². The van der Waals surface area contributed by atoms with E-state index in [0.29, 0.717) is 17.9 Å². The number of hydrogen-bond acceptors (Lipinski definition) is 5. The molecule has 0 unspecified atom stereocenters. The first kappa shape index (κ1) is 29.1. The van der Waals surface area contributed by atoms with Crippen LogP contribution in [0.25, 0.3) is 6.08 Å². The van der Waals surface area contributed by atoms with Gasteiger partial charge >= 0.3 is 0 Å². The van der Waals surface area contributed by atoms with E-state index in [-0.39, 0.29) is 24.5 Å². The van der Waals surface area contributed by atoms with E-state index >= 15 is 0 Å². The number of amides is 2. The third kappa shape index (κ3) is 9.13. The van der Waals surface area contributed by atoms with Crippen molar-refractivity contribution < 1.29 is 19.1 Å². The highest BCUT2D eigenvalue weighted by Crippen LogP contribution is 2.18. The molecule has 2 rings (SSSR count). The fraction of sp³-hybridized carbons (Fsp3) is 0.448. The van der Waals surface area contributed by atoms with Crippen LogP contribution in [0.1, 0.15) is 38.7 Å². The lowest BCUT2D eigenvalue weighted by molar-refractivity contribution is -0.126. The fourth-order valence-electron chi connectivity index (χ4n) is 4.01. The Hall–Kier alpha value is -3.16. The summed E-state index contributed by atoms with van der Waals surface area (Å²) in [5, 5.41) is 2.94. The number of nitrogens with zero attached hydrogens (tertiary/aromatic N) is 2. The average molecular weight is 496 g/mol. The smallest absolute Gasteiger partial charge is 0.257 e. The SMILES string of the molecule is C=C/C(OC)=C(\C=C/CC)C(=O)N(C)CCN1CCC(OCC(=O)Nc2ccccc2/C=C/C)CC1. The summed E-state index contributed by atoms with van der Waals surface area (Å²) in [6.45, 7) is 10.9. The van der Waals surface area contributed by atoms with Gasteiger partial charge in [-0.1, -0.05) is 49.9 Å². The molecule has 1 aliphatic rings. The lowest BCUT2D eigenvalue weighted by Gasteiger charge is -2.33. The van der Waals surface area contributed by atoms with E-state index in [2.05, 4.69) is 16.8 Å². The summed E-state index contributed by atoms with van der Waals surface area (Å²) >= 11 is 0. The van der Waals surface area contributed by atoms with Crippen LogP contribution in [-0.4, -0.2) is 74.7 Å². The molecule has 7 nitrogen and oxygen atoms in total. The largest absolute Gasteiger partial charge is 0.496 e. The number of para-hydroxylation sites is 1. The Balaban J connectivity index is 1.77. The van der Waals surface area contributed by atoms with E-state index in [4.69, 9.17) is 9.47 Å². The molecular weight excluding hydrogens is 454 g/mol. The van der Waals surface area contributed by atoms with Gasteiger partial charge in [-0.2, -0.15) is 0 Å². The van der Waals surface area contributed by atoms with Gasteiger partial charge in [-0.15, -0.1) is 0 Å². The maximum absolute atomic E-state index is 13.0. The maximum atomic E-state index is 13.0. The number of likely N-dealkylation sites (tertiary alicyclic amines) is 1. The van der Waals surface area contributed by atoms with Crippen molar-refractivity contribution in [3.8, 4) is 0 Å². The van der Waals surface area contributed by atoms with Gasteiger partial charge in [0.05, 0.1) is 18.8 Å². The molecule has 0 bridgehead atoms. The number of carbonyl (C=O) groups excluding carboxylic acids is 2. The van der Waals surface area contributed by atoms with Crippen LogP contribution < -0.4 is 5.32 Å². The molecule has 1 saturated heterocycles. The quantitative estimate of drug-likeness (QED) is 0.245. The second-order valence-corrected chi connectivity index (χ2v) is 8.71. The first-order valence-electron chi connectivity index (χ1n) is 12.6. The predicted octanol–water partition coefficient (Wildman–Crippen LogP) is 4.65. The van der Waals surface area contributed by atoms with Crippen LogP contribution in [0, 0.1) is 0 Å². The number of allylic oxidation sites excluding steroid dienone is 3. The van der Waals surface area contributed by atoms with Gasteiger partial charge in [0.2, 0.25) is 5.91 Å². The molecule has 36 heavy (non-hydrogen) atoms. The molecule has 1 N–H and O–H groups in total. The Labute approximate surface area is 216 Å². The minimum Gasteiger partial charge on any atom is -0.496 e. The third-order valence-electron chi connectivity index (χ3n) is 6.09. The highest BCUT2D eigenvalue weighted by molar-refractivity contribution is 5.97. The third-order valence-corrected chi connectivity index (χ3v) is 6.09. The number of benzene rings is 1. The fourth-order valence-corrected chi connectivity index (χ4v) is 4.01. The summed E-state index contributed by atoms with van der Waals surface area (Å²) in [5.41, 5.74) is 2.26. The molecular formula is C29H41N3O4. The van der Waals surface area contributed by atoms with Crippen LogP contribution in [0.5, 0.6) is 0 Å². The first-order valence-corrected chi connectivity index (χ1v) is 12.6. The van der Waals surface area contributed by atoms with E-state index in [1.807, 2.05) is 56.3 Å². The van der Waals surface area contributed by atoms with Crippen molar-refractivity contribution in [2.75, 3.05) is 52.3 Å². The van der Waals surface area contributed by atoms with Gasteiger partial charge in [-0.05, 0) is 50.0 Å². The van der Waals surface area contributed by atoms with Gasteiger partial charge in [-0.3, -0.25) is 9.59 Å². The lowest BCUT2D eigenvalue weighted by Crippen LogP contribution is -2.42. The average Bonchev–Trinajstić information content (AvgIpc) is 2.90. The van der Waals surface area contributed by atoms with Crippen LogP contribution in [0.15, 0.2) is 66.5 Å².